The van der Waals surface area contributed by atoms with E-state index in [9.17, 15) is 17.6 Å². The van der Waals surface area contributed by atoms with Gasteiger partial charge in [0.1, 0.15) is 0 Å². The summed E-state index contributed by atoms with van der Waals surface area (Å²) in [5.74, 6) is 0.549. The van der Waals surface area contributed by atoms with Crippen LogP contribution in [0.15, 0.2) is 53.6 Å². The first-order valence-electron chi connectivity index (χ1n) is 13.3. The van der Waals surface area contributed by atoms with E-state index in [2.05, 4.69) is 21.8 Å². The average Bonchev–Trinajstić information content (AvgIpc) is 3.42. The largest absolute Gasteiger partial charge is 0.339 e. The fourth-order valence-electron chi connectivity index (χ4n) is 4.13. The number of benzene rings is 1. The molecule has 1 aliphatic carbocycles. The van der Waals surface area contributed by atoms with E-state index in [0.717, 1.165) is 28.9 Å². The van der Waals surface area contributed by atoms with E-state index in [4.69, 9.17) is 4.52 Å². The molecular weight excluding hydrogens is 521 g/mol. The highest BCUT2D eigenvalue weighted by atomic mass is 32.2. The molecule has 0 N–H and O–H groups in total. The molecule has 1 aliphatic rings. The number of nitrogens with zero attached hydrogens (tertiary/aromatic N) is 5. The highest BCUT2D eigenvalue weighted by molar-refractivity contribution is 7.90. The molecule has 0 aliphatic heterocycles. The lowest BCUT2D eigenvalue weighted by atomic mass is 9.97. The van der Waals surface area contributed by atoms with E-state index in [1.807, 2.05) is 45.0 Å². The number of aromatic nitrogens is 4. The van der Waals surface area contributed by atoms with Crippen molar-refractivity contribution in [1.82, 2.24) is 19.3 Å². The summed E-state index contributed by atoms with van der Waals surface area (Å²) in [5.41, 5.74) is 1.84. The maximum atomic E-state index is 13.3. The van der Waals surface area contributed by atoms with Gasteiger partial charge in [0.05, 0.1) is 23.5 Å². The summed E-state index contributed by atoms with van der Waals surface area (Å²) in [7, 11) is -3.47. The summed E-state index contributed by atoms with van der Waals surface area (Å²) in [5, 5.41) is 7.77. The second-order valence-corrected chi connectivity index (χ2v) is 13.1. The SMILES string of the molecule is C=C(F)CCC(=O)N(CCCCCc1noc(C(C)(C)C)n1)c1cccc(-c2cnn(S(=O)(=O)C3CC3)c2)c1. The van der Waals surface area contributed by atoms with Gasteiger partial charge in [-0.15, -0.1) is 0 Å². The monoisotopic (exact) mass is 557 g/mol. The van der Waals surface area contributed by atoms with Gasteiger partial charge < -0.3 is 9.42 Å². The predicted octanol–water partition coefficient (Wildman–Crippen LogP) is 5.58. The lowest BCUT2D eigenvalue weighted by Crippen LogP contribution is -2.31. The molecule has 4 rings (SSSR count). The van der Waals surface area contributed by atoms with E-state index < -0.39 is 15.9 Å². The zero-order valence-corrected chi connectivity index (χ0v) is 23.6. The van der Waals surface area contributed by atoms with Gasteiger partial charge in [0.25, 0.3) is 10.0 Å². The molecule has 0 spiro atoms. The molecule has 11 heteroatoms. The van der Waals surface area contributed by atoms with Gasteiger partial charge >= 0.3 is 0 Å². The second kappa shape index (κ2) is 11.8. The van der Waals surface area contributed by atoms with Crippen LogP contribution >= 0.6 is 0 Å². The summed E-state index contributed by atoms with van der Waals surface area (Å²) in [6, 6.07) is 7.32. The number of carbonyl (C=O) groups is 1. The molecule has 210 valence electrons. The summed E-state index contributed by atoms with van der Waals surface area (Å²) in [4.78, 5) is 19.2. The molecule has 2 aromatic heterocycles. The Hall–Kier alpha value is -3.34. The van der Waals surface area contributed by atoms with Crippen LogP contribution in [0.3, 0.4) is 0 Å². The molecule has 9 nitrogen and oxygen atoms in total. The Morgan fingerprint density at radius 1 is 1.18 bits per heavy atom. The highest BCUT2D eigenvalue weighted by Gasteiger charge is 2.37. The van der Waals surface area contributed by atoms with Crippen molar-refractivity contribution in [2.24, 2.45) is 0 Å². The third-order valence-corrected chi connectivity index (χ3v) is 8.60. The molecule has 0 saturated heterocycles. The van der Waals surface area contributed by atoms with Gasteiger partial charge in [-0.2, -0.15) is 14.2 Å². The summed E-state index contributed by atoms with van der Waals surface area (Å²) in [6.07, 6.45) is 7.39. The van der Waals surface area contributed by atoms with Gasteiger partial charge in [-0.1, -0.05) is 51.1 Å². The van der Waals surface area contributed by atoms with Gasteiger partial charge in [-0.25, -0.2) is 12.8 Å². The summed E-state index contributed by atoms with van der Waals surface area (Å²) >= 11 is 0. The Balaban J connectivity index is 1.42. The van der Waals surface area contributed by atoms with Crippen LogP contribution in [0, 0.1) is 0 Å². The zero-order chi connectivity index (χ0) is 28.2. The Bertz CT molecular complexity index is 1420. The number of unbranched alkanes of at least 4 members (excludes halogenated alkanes) is 2. The summed E-state index contributed by atoms with van der Waals surface area (Å²) < 4.78 is 44.8. The molecule has 0 atom stereocenters. The minimum Gasteiger partial charge on any atom is -0.339 e. The number of amides is 1. The molecule has 1 fully saturated rings. The maximum absolute atomic E-state index is 13.3. The van der Waals surface area contributed by atoms with Crippen LogP contribution in [0.4, 0.5) is 10.1 Å². The van der Waals surface area contributed by atoms with Crippen LogP contribution < -0.4 is 4.90 Å². The minimum atomic E-state index is -3.47. The van der Waals surface area contributed by atoms with E-state index >= 15 is 0 Å². The molecular formula is C28H36FN5O4S. The third-order valence-electron chi connectivity index (χ3n) is 6.56. The number of halogens is 1. The fourth-order valence-corrected chi connectivity index (χ4v) is 5.61. The number of rotatable bonds is 13. The average molecular weight is 558 g/mol. The van der Waals surface area contributed by atoms with Crippen molar-refractivity contribution in [2.75, 3.05) is 11.4 Å². The Kier molecular flexibility index (Phi) is 8.68. The first kappa shape index (κ1) is 28.7. The lowest BCUT2D eigenvalue weighted by Gasteiger charge is -2.23. The van der Waals surface area contributed by atoms with Crippen LogP contribution in [0.25, 0.3) is 11.1 Å². The van der Waals surface area contributed by atoms with Gasteiger partial charge in [-0.3, -0.25) is 4.79 Å². The molecule has 1 amide bonds. The predicted molar refractivity (Wildman–Crippen MR) is 147 cm³/mol. The van der Waals surface area contributed by atoms with Gasteiger partial charge in [0.15, 0.2) is 5.82 Å². The van der Waals surface area contributed by atoms with Crippen LogP contribution in [0.2, 0.25) is 0 Å². The van der Waals surface area contributed by atoms with Crippen molar-refractivity contribution in [3.63, 3.8) is 0 Å². The highest BCUT2D eigenvalue weighted by Crippen LogP contribution is 2.31. The molecule has 3 aromatic rings. The van der Waals surface area contributed by atoms with Crippen LogP contribution in [0.5, 0.6) is 0 Å². The fraction of sp³-hybridized carbons (Fsp3) is 0.500. The van der Waals surface area contributed by atoms with Crippen molar-refractivity contribution in [1.29, 1.82) is 0 Å². The van der Waals surface area contributed by atoms with E-state index in [1.165, 1.54) is 12.4 Å². The molecule has 2 heterocycles. The van der Waals surface area contributed by atoms with Gasteiger partial charge in [0.2, 0.25) is 11.8 Å². The molecule has 39 heavy (non-hydrogen) atoms. The van der Waals surface area contributed by atoms with E-state index in [-0.39, 0.29) is 29.4 Å². The van der Waals surface area contributed by atoms with E-state index in [1.54, 1.807) is 4.90 Å². The van der Waals surface area contributed by atoms with Crippen LogP contribution in [-0.4, -0.2) is 45.4 Å². The smallest absolute Gasteiger partial charge is 0.256 e. The van der Waals surface area contributed by atoms with Crippen molar-refractivity contribution in [3.8, 4) is 11.1 Å². The normalized spacial score (nSPS) is 13.9. The van der Waals surface area contributed by atoms with Crippen molar-refractivity contribution >= 4 is 21.6 Å². The number of anilines is 1. The summed E-state index contributed by atoms with van der Waals surface area (Å²) in [6.45, 7) is 9.78. The molecule has 0 unspecified atom stereocenters. The number of allylic oxidation sites excluding steroid dienone is 1. The number of hydrogen-bond donors (Lipinski definition) is 0. The maximum Gasteiger partial charge on any atom is 0.256 e. The number of hydrogen-bond acceptors (Lipinski definition) is 7. The zero-order valence-electron chi connectivity index (χ0n) is 22.8. The lowest BCUT2D eigenvalue weighted by molar-refractivity contribution is -0.118. The van der Waals surface area contributed by atoms with Crippen LogP contribution in [0.1, 0.15) is 77.4 Å². The topological polar surface area (TPSA) is 111 Å². The van der Waals surface area contributed by atoms with Crippen LogP contribution in [-0.2, 0) is 26.7 Å². The Labute approximate surface area is 229 Å². The molecule has 0 bridgehead atoms. The third kappa shape index (κ3) is 7.40. The molecule has 1 saturated carbocycles. The molecule has 1 aromatic carbocycles. The quantitative estimate of drug-likeness (QED) is 0.252. The first-order valence-corrected chi connectivity index (χ1v) is 14.8. The first-order chi connectivity index (χ1) is 18.4. The number of aryl methyl sites for hydroxylation is 1. The standard InChI is InChI=1S/C28H36FN5O4S/c1-20(29)12-15-26(35)33(16-7-5-6-11-25-31-27(38-32-25)28(2,3)4)23-10-8-9-21(17-23)22-18-30-34(19-22)39(36,37)24-13-14-24/h8-10,17-19,24H,1,5-7,11-16H2,2-4H3. The second-order valence-electron chi connectivity index (χ2n) is 11.0. The van der Waals surface area contributed by atoms with Gasteiger partial charge in [0, 0.05) is 42.5 Å². The number of carbonyl (C=O) groups excluding carboxylic acids is 1. The molecule has 0 radical (unpaired) electrons. The van der Waals surface area contributed by atoms with Crippen molar-refractivity contribution in [3.05, 3.63) is 60.8 Å². The van der Waals surface area contributed by atoms with Gasteiger partial charge in [-0.05, 0) is 43.4 Å². The van der Waals surface area contributed by atoms with E-state index in [0.29, 0.717) is 48.8 Å². The minimum absolute atomic E-state index is 0.00949. The Morgan fingerprint density at radius 3 is 2.62 bits per heavy atom. The van der Waals surface area contributed by atoms with Crippen molar-refractivity contribution in [2.45, 2.75) is 82.8 Å². The Morgan fingerprint density at radius 2 is 1.95 bits per heavy atom. The van der Waals surface area contributed by atoms with Crippen molar-refractivity contribution < 1.29 is 22.1 Å².